The van der Waals surface area contributed by atoms with Crippen LogP contribution >= 0.6 is 0 Å². The van der Waals surface area contributed by atoms with E-state index in [9.17, 15) is 5.21 Å². The molecule has 3 aliphatic heterocycles. The SMILES string of the molecule is CC[C@@]12C=C(/C(N)=N/O)n3c4c(c5ccccc53)CCN(CCC1)[C@H]42. The van der Waals surface area contributed by atoms with Crippen molar-refractivity contribution in [3.05, 3.63) is 41.6 Å². The van der Waals surface area contributed by atoms with Crippen LogP contribution in [-0.4, -0.2) is 33.6 Å². The third kappa shape index (κ3) is 1.79. The number of hydrogen-bond acceptors (Lipinski definition) is 3. The fraction of sp³-hybridized carbons (Fsp3) is 0.450. The lowest BCUT2D eigenvalue weighted by molar-refractivity contribution is 0.0273. The van der Waals surface area contributed by atoms with E-state index in [1.165, 1.54) is 35.1 Å². The first-order chi connectivity index (χ1) is 12.2. The van der Waals surface area contributed by atoms with E-state index in [-0.39, 0.29) is 11.3 Å². The molecule has 130 valence electrons. The van der Waals surface area contributed by atoms with Crippen LogP contribution in [0, 0.1) is 5.41 Å². The van der Waals surface area contributed by atoms with Gasteiger partial charge in [0, 0.05) is 23.0 Å². The Labute approximate surface area is 147 Å². The topological polar surface area (TPSA) is 66.8 Å². The second-order valence-electron chi connectivity index (χ2n) is 7.61. The van der Waals surface area contributed by atoms with E-state index in [1.807, 2.05) is 0 Å². The van der Waals surface area contributed by atoms with Crippen molar-refractivity contribution in [2.45, 2.75) is 38.6 Å². The monoisotopic (exact) mass is 336 g/mol. The van der Waals surface area contributed by atoms with E-state index >= 15 is 0 Å². The minimum absolute atomic E-state index is 0.0719. The average molecular weight is 336 g/mol. The first-order valence-corrected chi connectivity index (χ1v) is 9.27. The standard InChI is InChI=1S/C20H24N4O/c1-2-20-9-5-10-23-11-8-14-13-6-3-4-7-15(13)24(17(14)18(20)23)16(12-20)19(21)22-25/h3-4,6-7,12,18,25H,2,5,8-11H2,1H3,(H2,21,22)/t18-,20+/m1/s1. The summed E-state index contributed by atoms with van der Waals surface area (Å²) < 4.78 is 2.26. The number of rotatable bonds is 2. The van der Waals surface area contributed by atoms with Gasteiger partial charge in [-0.2, -0.15) is 0 Å². The van der Waals surface area contributed by atoms with Crippen LogP contribution in [0.5, 0.6) is 0 Å². The van der Waals surface area contributed by atoms with Crippen LogP contribution in [0.25, 0.3) is 16.6 Å². The summed E-state index contributed by atoms with van der Waals surface area (Å²) in [6, 6.07) is 8.95. The molecule has 0 bridgehead atoms. The van der Waals surface area contributed by atoms with Gasteiger partial charge in [-0.25, -0.2) is 0 Å². The zero-order valence-corrected chi connectivity index (χ0v) is 14.6. The number of oxime groups is 1. The van der Waals surface area contributed by atoms with Crippen molar-refractivity contribution in [2.24, 2.45) is 16.3 Å². The summed E-state index contributed by atoms with van der Waals surface area (Å²) in [7, 11) is 0. The normalized spacial score (nSPS) is 28.8. The van der Waals surface area contributed by atoms with Gasteiger partial charge < -0.3 is 15.5 Å². The summed E-state index contributed by atoms with van der Waals surface area (Å²) >= 11 is 0. The van der Waals surface area contributed by atoms with Crippen molar-refractivity contribution in [3.63, 3.8) is 0 Å². The summed E-state index contributed by atoms with van der Waals surface area (Å²) in [5.41, 5.74) is 11.1. The molecule has 0 amide bonds. The number of benzene rings is 1. The third-order valence-electron chi connectivity index (χ3n) is 6.62. The average Bonchev–Trinajstić information content (AvgIpc) is 3.01. The Morgan fingerprint density at radius 3 is 3.00 bits per heavy atom. The number of aromatic nitrogens is 1. The lowest BCUT2D eigenvalue weighted by atomic mass is 9.66. The lowest BCUT2D eigenvalue weighted by Crippen LogP contribution is -2.51. The molecule has 1 aromatic carbocycles. The maximum Gasteiger partial charge on any atom is 0.186 e. The van der Waals surface area contributed by atoms with E-state index < -0.39 is 0 Å². The number of amidine groups is 1. The van der Waals surface area contributed by atoms with Crippen LogP contribution in [-0.2, 0) is 6.42 Å². The Morgan fingerprint density at radius 1 is 1.36 bits per heavy atom. The van der Waals surface area contributed by atoms with Crippen molar-refractivity contribution in [3.8, 4) is 0 Å². The Bertz CT molecular complexity index is 925. The molecule has 3 N–H and O–H groups in total. The molecule has 0 radical (unpaired) electrons. The van der Waals surface area contributed by atoms with Gasteiger partial charge >= 0.3 is 0 Å². The van der Waals surface area contributed by atoms with Crippen molar-refractivity contribution < 1.29 is 5.21 Å². The minimum Gasteiger partial charge on any atom is -0.409 e. The number of nitrogens with zero attached hydrogens (tertiary/aromatic N) is 3. The second kappa shape index (κ2) is 5.11. The second-order valence-corrected chi connectivity index (χ2v) is 7.61. The highest BCUT2D eigenvalue weighted by atomic mass is 16.4. The van der Waals surface area contributed by atoms with E-state index in [4.69, 9.17) is 5.73 Å². The summed E-state index contributed by atoms with van der Waals surface area (Å²) in [6.07, 6.45) is 6.81. The van der Waals surface area contributed by atoms with Crippen LogP contribution < -0.4 is 5.73 Å². The molecular formula is C20H24N4O. The summed E-state index contributed by atoms with van der Waals surface area (Å²) in [4.78, 5) is 2.66. The van der Waals surface area contributed by atoms with Crippen molar-refractivity contribution in [2.75, 3.05) is 13.1 Å². The molecule has 5 rings (SSSR count). The highest BCUT2D eigenvalue weighted by Crippen LogP contribution is 2.56. The molecule has 1 aromatic heterocycles. The van der Waals surface area contributed by atoms with Gasteiger partial charge in [-0.05, 0) is 49.9 Å². The summed E-state index contributed by atoms with van der Waals surface area (Å²) in [5, 5.41) is 14.1. The van der Waals surface area contributed by atoms with E-state index in [2.05, 4.69) is 51.9 Å². The molecular weight excluding hydrogens is 312 g/mol. The maximum atomic E-state index is 9.41. The predicted molar refractivity (Wildman–Crippen MR) is 99.6 cm³/mol. The molecule has 5 nitrogen and oxygen atoms in total. The number of fused-ring (bicyclic) bond motifs is 3. The lowest BCUT2D eigenvalue weighted by Gasteiger charge is -2.53. The minimum atomic E-state index is 0.0719. The number of nitrogens with two attached hydrogens (primary N) is 1. The van der Waals surface area contributed by atoms with Crippen LogP contribution in [0.3, 0.4) is 0 Å². The van der Waals surface area contributed by atoms with E-state index in [0.29, 0.717) is 6.04 Å². The maximum absolute atomic E-state index is 9.41. The number of piperidine rings is 1. The Hall–Kier alpha value is -2.27. The molecule has 5 heteroatoms. The van der Waals surface area contributed by atoms with E-state index in [0.717, 1.165) is 31.5 Å². The Kier molecular flexibility index (Phi) is 3.07. The molecule has 0 saturated carbocycles. The number of para-hydroxylation sites is 1. The fourth-order valence-corrected chi connectivity index (χ4v) is 5.52. The van der Waals surface area contributed by atoms with Crippen molar-refractivity contribution in [1.29, 1.82) is 0 Å². The molecule has 4 heterocycles. The van der Waals surface area contributed by atoms with Crippen LogP contribution in [0.1, 0.15) is 43.5 Å². The fourth-order valence-electron chi connectivity index (χ4n) is 5.52. The molecule has 0 unspecified atom stereocenters. The van der Waals surface area contributed by atoms with Crippen molar-refractivity contribution in [1.82, 2.24) is 9.47 Å². The molecule has 0 spiro atoms. The highest BCUT2D eigenvalue weighted by Gasteiger charge is 2.50. The first kappa shape index (κ1) is 15.0. The summed E-state index contributed by atoms with van der Waals surface area (Å²) in [6.45, 7) is 4.57. The molecule has 1 fully saturated rings. The zero-order valence-electron chi connectivity index (χ0n) is 14.6. The van der Waals surface area contributed by atoms with Gasteiger partial charge in [0.1, 0.15) is 0 Å². The smallest absolute Gasteiger partial charge is 0.186 e. The molecule has 0 aliphatic carbocycles. The molecule has 25 heavy (non-hydrogen) atoms. The van der Waals surface area contributed by atoms with Crippen molar-refractivity contribution >= 4 is 22.4 Å². The highest BCUT2D eigenvalue weighted by molar-refractivity contribution is 6.18. The Morgan fingerprint density at radius 2 is 2.20 bits per heavy atom. The predicted octanol–water partition coefficient (Wildman–Crippen LogP) is 3.33. The van der Waals surface area contributed by atoms with Gasteiger partial charge in [0.2, 0.25) is 0 Å². The van der Waals surface area contributed by atoms with Gasteiger partial charge in [-0.1, -0.05) is 30.3 Å². The Balaban J connectivity index is 1.91. The van der Waals surface area contributed by atoms with Gasteiger partial charge in [0.15, 0.2) is 5.84 Å². The zero-order chi connectivity index (χ0) is 17.2. The molecule has 2 atom stereocenters. The summed E-state index contributed by atoms with van der Waals surface area (Å²) in [5.74, 6) is 0.206. The van der Waals surface area contributed by atoms with Gasteiger partial charge in [0.05, 0.1) is 17.3 Å². The van der Waals surface area contributed by atoms with Gasteiger partial charge in [-0.3, -0.25) is 4.90 Å². The van der Waals surface area contributed by atoms with Crippen LogP contribution in [0.15, 0.2) is 35.5 Å². The third-order valence-corrected chi connectivity index (χ3v) is 6.62. The van der Waals surface area contributed by atoms with E-state index in [1.54, 1.807) is 0 Å². The number of hydrogen-bond donors (Lipinski definition) is 2. The quantitative estimate of drug-likeness (QED) is 0.383. The molecule has 3 aliphatic rings. The largest absolute Gasteiger partial charge is 0.409 e. The first-order valence-electron chi connectivity index (χ1n) is 9.27. The molecule has 1 saturated heterocycles. The van der Waals surface area contributed by atoms with Gasteiger partial charge in [0.25, 0.3) is 0 Å². The van der Waals surface area contributed by atoms with Crippen LogP contribution in [0.2, 0.25) is 0 Å². The molecule has 2 aromatic rings. The van der Waals surface area contributed by atoms with Gasteiger partial charge in [-0.15, -0.1) is 0 Å². The van der Waals surface area contributed by atoms with Crippen LogP contribution in [0.4, 0.5) is 0 Å².